The number of hydrogen-bond donors (Lipinski definition) is 1. The Morgan fingerprint density at radius 1 is 1.21 bits per heavy atom. The third-order valence-corrected chi connectivity index (χ3v) is 4.71. The van der Waals surface area contributed by atoms with Gasteiger partial charge in [-0.05, 0) is 5.56 Å². The molecule has 0 saturated carbocycles. The second kappa shape index (κ2) is 7.41. The highest BCUT2D eigenvalue weighted by Crippen LogP contribution is 2.15. The summed E-state index contributed by atoms with van der Waals surface area (Å²) in [5, 5.41) is 0. The van der Waals surface area contributed by atoms with E-state index in [9.17, 15) is 22.8 Å². The molecule has 2 rings (SSSR count). The minimum Gasteiger partial charge on any atom is -0.469 e. The van der Waals surface area contributed by atoms with Crippen LogP contribution in [0.5, 0.6) is 0 Å². The van der Waals surface area contributed by atoms with Crippen LogP contribution in [0.2, 0.25) is 0 Å². The Kier molecular flexibility index (Phi) is 5.52. The molecule has 1 fully saturated rings. The Balaban J connectivity index is 1.96. The van der Waals surface area contributed by atoms with Crippen molar-refractivity contribution in [1.82, 2.24) is 9.03 Å². The number of nitrogens with zero attached hydrogens (tertiary/aromatic N) is 1. The zero-order valence-electron chi connectivity index (χ0n) is 12.8. The lowest BCUT2D eigenvalue weighted by atomic mass is 10.2. The lowest BCUT2D eigenvalue weighted by molar-refractivity contribution is -0.148. The summed E-state index contributed by atoms with van der Waals surface area (Å²) in [5.74, 6) is -2.53. The fraction of sp³-hybridized carbons (Fsp3) is 0.357. The topological polar surface area (TPSA) is 119 Å². The van der Waals surface area contributed by atoms with Crippen LogP contribution >= 0.6 is 0 Å². The molecule has 1 aromatic carbocycles. The average Bonchev–Trinajstić information content (AvgIpc) is 2.76. The Morgan fingerprint density at radius 3 is 2.50 bits per heavy atom. The maximum absolute atomic E-state index is 12.1. The van der Waals surface area contributed by atoms with Gasteiger partial charge in [0, 0.05) is 0 Å². The molecule has 0 aromatic heterocycles. The number of hydrogen-bond acceptors (Lipinski definition) is 7. The molecule has 10 heteroatoms. The highest BCUT2D eigenvalue weighted by atomic mass is 32.2. The number of benzene rings is 1. The second-order valence-corrected chi connectivity index (χ2v) is 6.57. The first-order valence-corrected chi connectivity index (χ1v) is 8.37. The molecular formula is C14H16N2O7S. The fourth-order valence-electron chi connectivity index (χ4n) is 2.03. The van der Waals surface area contributed by atoms with Crippen LogP contribution < -0.4 is 4.72 Å². The van der Waals surface area contributed by atoms with Crippen molar-refractivity contribution in [2.24, 2.45) is 0 Å². The normalized spacial score (nSPS) is 19.1. The SMILES string of the molecule is COC(=O)C[C@@H]1NS(=O)(=O)N(CC(=O)OCc2ccccc2)C1=O. The molecule has 130 valence electrons. The summed E-state index contributed by atoms with van der Waals surface area (Å²) in [4.78, 5) is 35.0. The summed E-state index contributed by atoms with van der Waals surface area (Å²) < 4.78 is 35.5. The number of amides is 1. The number of nitrogens with one attached hydrogen (secondary N) is 1. The molecule has 1 atom stereocenters. The average molecular weight is 356 g/mol. The van der Waals surface area contributed by atoms with Crippen LogP contribution in [0.4, 0.5) is 0 Å². The maximum atomic E-state index is 12.1. The van der Waals surface area contributed by atoms with Crippen molar-refractivity contribution < 1.29 is 32.3 Å². The second-order valence-electron chi connectivity index (χ2n) is 4.95. The molecule has 24 heavy (non-hydrogen) atoms. The van der Waals surface area contributed by atoms with Crippen LogP contribution in [0.3, 0.4) is 0 Å². The largest absolute Gasteiger partial charge is 0.469 e. The van der Waals surface area contributed by atoms with Crippen LogP contribution in [0.15, 0.2) is 30.3 Å². The van der Waals surface area contributed by atoms with E-state index in [1.54, 1.807) is 30.3 Å². The van der Waals surface area contributed by atoms with Gasteiger partial charge in [-0.1, -0.05) is 30.3 Å². The number of carbonyl (C=O) groups excluding carboxylic acids is 3. The van der Waals surface area contributed by atoms with E-state index in [0.29, 0.717) is 4.31 Å². The van der Waals surface area contributed by atoms with E-state index in [0.717, 1.165) is 12.7 Å². The van der Waals surface area contributed by atoms with Gasteiger partial charge in [0.15, 0.2) is 0 Å². The van der Waals surface area contributed by atoms with Crippen LogP contribution in [-0.4, -0.2) is 50.3 Å². The van der Waals surface area contributed by atoms with Gasteiger partial charge in [-0.3, -0.25) is 14.4 Å². The maximum Gasteiger partial charge on any atom is 0.327 e. The van der Waals surface area contributed by atoms with Gasteiger partial charge >= 0.3 is 22.1 Å². The van der Waals surface area contributed by atoms with Crippen molar-refractivity contribution in [3.05, 3.63) is 35.9 Å². The first-order chi connectivity index (χ1) is 11.3. The molecule has 0 bridgehead atoms. The molecule has 1 N–H and O–H groups in total. The summed E-state index contributed by atoms with van der Waals surface area (Å²) in [6.07, 6.45) is -0.454. The number of methoxy groups -OCH3 is 1. The van der Waals surface area contributed by atoms with Crippen LogP contribution in [-0.2, 0) is 40.7 Å². The van der Waals surface area contributed by atoms with E-state index in [1.807, 2.05) is 4.72 Å². The lowest BCUT2D eigenvalue weighted by Crippen LogP contribution is -2.37. The zero-order valence-corrected chi connectivity index (χ0v) is 13.6. The molecule has 1 amide bonds. The van der Waals surface area contributed by atoms with Crippen molar-refractivity contribution in [1.29, 1.82) is 0 Å². The molecule has 1 heterocycles. The van der Waals surface area contributed by atoms with E-state index in [-0.39, 0.29) is 6.61 Å². The Morgan fingerprint density at radius 2 is 1.88 bits per heavy atom. The number of esters is 2. The first-order valence-electron chi connectivity index (χ1n) is 6.93. The van der Waals surface area contributed by atoms with Gasteiger partial charge < -0.3 is 9.47 Å². The van der Waals surface area contributed by atoms with Crippen molar-refractivity contribution in [2.75, 3.05) is 13.7 Å². The summed E-state index contributed by atoms with van der Waals surface area (Å²) in [6.45, 7) is -0.806. The Hall–Kier alpha value is -2.46. The van der Waals surface area contributed by atoms with Crippen LogP contribution in [0.25, 0.3) is 0 Å². The highest BCUT2D eigenvalue weighted by Gasteiger charge is 2.45. The molecule has 1 saturated heterocycles. The Bertz CT molecular complexity index is 733. The monoisotopic (exact) mass is 356 g/mol. The van der Waals surface area contributed by atoms with Crippen molar-refractivity contribution in [3.63, 3.8) is 0 Å². The molecule has 1 aliphatic heterocycles. The zero-order chi connectivity index (χ0) is 17.7. The van der Waals surface area contributed by atoms with Crippen LogP contribution in [0, 0.1) is 0 Å². The summed E-state index contributed by atoms with van der Waals surface area (Å²) >= 11 is 0. The van der Waals surface area contributed by atoms with Gasteiger partial charge in [0.2, 0.25) is 0 Å². The van der Waals surface area contributed by atoms with Gasteiger partial charge in [0.25, 0.3) is 5.91 Å². The summed E-state index contributed by atoms with van der Waals surface area (Å²) in [6, 6.07) is 7.51. The van der Waals surface area contributed by atoms with Gasteiger partial charge in [0.1, 0.15) is 19.2 Å². The fourth-order valence-corrected chi connectivity index (χ4v) is 3.34. The Labute approximate surface area is 138 Å². The van der Waals surface area contributed by atoms with Gasteiger partial charge in [0.05, 0.1) is 13.5 Å². The lowest BCUT2D eigenvalue weighted by Gasteiger charge is -2.13. The first kappa shape index (κ1) is 17.9. The highest BCUT2D eigenvalue weighted by molar-refractivity contribution is 7.88. The molecule has 9 nitrogen and oxygen atoms in total. The molecular weight excluding hydrogens is 340 g/mol. The molecule has 0 aliphatic carbocycles. The van der Waals surface area contributed by atoms with E-state index < -0.39 is 47.1 Å². The van der Waals surface area contributed by atoms with E-state index in [2.05, 4.69) is 4.74 Å². The molecule has 0 spiro atoms. The van der Waals surface area contributed by atoms with E-state index in [1.165, 1.54) is 0 Å². The molecule has 1 aromatic rings. The predicted octanol–water partition coefficient (Wildman–Crippen LogP) is -0.662. The predicted molar refractivity (Wildman–Crippen MR) is 80.4 cm³/mol. The summed E-state index contributed by atoms with van der Waals surface area (Å²) in [5.41, 5.74) is 0.725. The van der Waals surface area contributed by atoms with Crippen LogP contribution in [0.1, 0.15) is 12.0 Å². The minimum atomic E-state index is -4.19. The van der Waals surface area contributed by atoms with Gasteiger partial charge in [-0.15, -0.1) is 0 Å². The van der Waals surface area contributed by atoms with E-state index in [4.69, 9.17) is 4.74 Å². The quantitative estimate of drug-likeness (QED) is 0.672. The number of carbonyl (C=O) groups is 3. The summed E-state index contributed by atoms with van der Waals surface area (Å²) in [7, 11) is -3.07. The van der Waals surface area contributed by atoms with Crippen molar-refractivity contribution >= 4 is 28.1 Å². The smallest absolute Gasteiger partial charge is 0.327 e. The number of rotatable bonds is 6. The number of ether oxygens (including phenoxy) is 2. The molecule has 1 aliphatic rings. The van der Waals surface area contributed by atoms with Crippen molar-refractivity contribution in [3.8, 4) is 0 Å². The standard InChI is InChI=1S/C14H16N2O7S/c1-22-12(17)7-11-14(19)16(24(20,21)15-11)8-13(18)23-9-10-5-3-2-4-6-10/h2-6,11,15H,7-9H2,1H3/t11-/m0/s1. The molecule has 0 radical (unpaired) electrons. The van der Waals surface area contributed by atoms with E-state index >= 15 is 0 Å². The third kappa shape index (κ3) is 4.30. The minimum absolute atomic E-state index is 0.0409. The van der Waals surface area contributed by atoms with Gasteiger partial charge in [-0.25, -0.2) is 4.31 Å². The third-order valence-electron chi connectivity index (χ3n) is 3.24. The van der Waals surface area contributed by atoms with Crippen molar-refractivity contribution in [2.45, 2.75) is 19.1 Å². The molecule has 0 unspecified atom stereocenters. The van der Waals surface area contributed by atoms with Gasteiger partial charge in [-0.2, -0.15) is 13.1 Å².